The molecule has 0 amide bonds. The third kappa shape index (κ3) is 2.11. The Morgan fingerprint density at radius 1 is 1.12 bits per heavy atom. The molecule has 0 bridgehead atoms. The Morgan fingerprint density at radius 2 is 1.75 bits per heavy atom. The van der Waals surface area contributed by atoms with Gasteiger partial charge in [-0.3, -0.25) is 0 Å². The number of halogens is 3. The molecule has 2 rings (SSSR count). The number of hydrogen-bond donors (Lipinski definition) is 1. The van der Waals surface area contributed by atoms with Crippen LogP contribution in [0.1, 0.15) is 24.0 Å². The number of allylic oxidation sites excluding steroid dienone is 1. The maximum Gasteiger partial charge on any atom is 0.416 e. The van der Waals surface area contributed by atoms with Crippen molar-refractivity contribution < 1.29 is 18.3 Å². The Hall–Kier alpha value is -1.29. The summed E-state index contributed by atoms with van der Waals surface area (Å²) < 4.78 is 36.9. The third-order valence-corrected chi connectivity index (χ3v) is 2.71. The van der Waals surface area contributed by atoms with E-state index < -0.39 is 17.8 Å². The molecular formula is C12H11F3O. The average Bonchev–Trinajstić information content (AvgIpc) is 2.63. The molecule has 1 nitrogen and oxygen atoms in total. The molecule has 0 aliphatic heterocycles. The second-order valence-corrected chi connectivity index (χ2v) is 3.83. The summed E-state index contributed by atoms with van der Waals surface area (Å²) in [5.41, 5.74) is 0.732. The van der Waals surface area contributed by atoms with E-state index in [2.05, 4.69) is 0 Å². The SMILES string of the molecule is O[C@H]1CCC=C1c1ccc(C(F)(F)F)cc1. The Morgan fingerprint density at radius 3 is 2.19 bits per heavy atom. The van der Waals surface area contributed by atoms with Crippen LogP contribution in [0.5, 0.6) is 0 Å². The van der Waals surface area contributed by atoms with Gasteiger partial charge in [0.15, 0.2) is 0 Å². The van der Waals surface area contributed by atoms with Crippen molar-refractivity contribution in [2.24, 2.45) is 0 Å². The van der Waals surface area contributed by atoms with Crippen molar-refractivity contribution in [3.8, 4) is 0 Å². The quantitative estimate of drug-likeness (QED) is 0.782. The van der Waals surface area contributed by atoms with Crippen molar-refractivity contribution in [3.63, 3.8) is 0 Å². The van der Waals surface area contributed by atoms with Gasteiger partial charge in [0.25, 0.3) is 0 Å². The molecule has 0 aromatic heterocycles. The fourth-order valence-electron chi connectivity index (χ4n) is 1.85. The second-order valence-electron chi connectivity index (χ2n) is 3.83. The first-order valence-corrected chi connectivity index (χ1v) is 5.04. The summed E-state index contributed by atoms with van der Waals surface area (Å²) in [6, 6.07) is 4.90. The van der Waals surface area contributed by atoms with Crippen LogP contribution in [0.2, 0.25) is 0 Å². The highest BCUT2D eigenvalue weighted by Crippen LogP contribution is 2.32. The lowest BCUT2D eigenvalue weighted by atomic mass is 10.0. The first kappa shape index (κ1) is 11.2. The molecule has 1 aliphatic rings. The summed E-state index contributed by atoms with van der Waals surface area (Å²) in [6.07, 6.45) is -1.56. The molecule has 86 valence electrons. The van der Waals surface area contributed by atoms with Crippen molar-refractivity contribution in [3.05, 3.63) is 41.5 Å². The highest BCUT2D eigenvalue weighted by molar-refractivity contribution is 5.70. The van der Waals surface area contributed by atoms with E-state index in [-0.39, 0.29) is 0 Å². The first-order chi connectivity index (χ1) is 7.48. The number of aliphatic hydroxyl groups excluding tert-OH is 1. The van der Waals surface area contributed by atoms with Gasteiger partial charge in [0.05, 0.1) is 11.7 Å². The molecule has 1 N–H and O–H groups in total. The van der Waals surface area contributed by atoms with E-state index in [0.717, 1.165) is 24.1 Å². The van der Waals surface area contributed by atoms with Crippen LogP contribution in [0.15, 0.2) is 30.3 Å². The zero-order chi connectivity index (χ0) is 11.8. The molecule has 0 saturated heterocycles. The number of alkyl halides is 3. The third-order valence-electron chi connectivity index (χ3n) is 2.71. The fourth-order valence-corrected chi connectivity index (χ4v) is 1.85. The normalized spacial score (nSPS) is 21.0. The van der Waals surface area contributed by atoms with Gasteiger partial charge >= 0.3 is 6.18 Å². The standard InChI is InChI=1S/C12H11F3O/c13-12(14,15)9-6-4-8(5-7-9)10-2-1-3-11(10)16/h2,4-7,11,16H,1,3H2/t11-/m0/s1. The number of aliphatic hydroxyl groups is 1. The fraction of sp³-hybridized carbons (Fsp3) is 0.333. The van der Waals surface area contributed by atoms with Gasteiger partial charge in [-0.2, -0.15) is 13.2 Å². The molecule has 0 radical (unpaired) electrons. The summed E-state index contributed by atoms with van der Waals surface area (Å²) >= 11 is 0. The van der Waals surface area contributed by atoms with Crippen molar-refractivity contribution >= 4 is 5.57 Å². The lowest BCUT2D eigenvalue weighted by Crippen LogP contribution is -2.06. The predicted molar refractivity (Wildman–Crippen MR) is 54.7 cm³/mol. The average molecular weight is 228 g/mol. The van der Waals surface area contributed by atoms with Gasteiger partial charge in [-0.25, -0.2) is 0 Å². The van der Waals surface area contributed by atoms with E-state index in [1.54, 1.807) is 0 Å². The van der Waals surface area contributed by atoms with Crippen LogP contribution < -0.4 is 0 Å². The van der Waals surface area contributed by atoms with Gasteiger partial charge in [0.2, 0.25) is 0 Å². The Kier molecular flexibility index (Phi) is 2.76. The molecule has 16 heavy (non-hydrogen) atoms. The van der Waals surface area contributed by atoms with Crippen molar-refractivity contribution in [1.82, 2.24) is 0 Å². The van der Waals surface area contributed by atoms with Crippen LogP contribution in [-0.2, 0) is 6.18 Å². The molecular weight excluding hydrogens is 217 g/mol. The van der Waals surface area contributed by atoms with Gasteiger partial charge < -0.3 is 5.11 Å². The van der Waals surface area contributed by atoms with E-state index in [9.17, 15) is 18.3 Å². The maximum atomic E-state index is 12.3. The number of hydrogen-bond acceptors (Lipinski definition) is 1. The van der Waals surface area contributed by atoms with Crippen molar-refractivity contribution in [1.29, 1.82) is 0 Å². The van der Waals surface area contributed by atoms with Gasteiger partial charge in [-0.05, 0) is 36.1 Å². The van der Waals surface area contributed by atoms with Crippen LogP contribution >= 0.6 is 0 Å². The molecule has 1 atom stereocenters. The van der Waals surface area contributed by atoms with Crippen LogP contribution in [0.25, 0.3) is 5.57 Å². The summed E-state index contributed by atoms with van der Waals surface area (Å²) in [5.74, 6) is 0. The van der Waals surface area contributed by atoms with Crippen LogP contribution in [0.4, 0.5) is 13.2 Å². The second kappa shape index (κ2) is 3.94. The predicted octanol–water partition coefficient (Wildman–Crippen LogP) is 3.24. The molecule has 4 heteroatoms. The summed E-state index contributed by atoms with van der Waals surface area (Å²) in [7, 11) is 0. The Bertz CT molecular complexity index is 403. The van der Waals surface area contributed by atoms with E-state index in [1.807, 2.05) is 6.08 Å². The monoisotopic (exact) mass is 228 g/mol. The van der Waals surface area contributed by atoms with Crippen molar-refractivity contribution in [2.45, 2.75) is 25.1 Å². The van der Waals surface area contributed by atoms with E-state index in [4.69, 9.17) is 0 Å². The molecule has 0 fully saturated rings. The molecule has 0 heterocycles. The highest BCUT2D eigenvalue weighted by Gasteiger charge is 2.30. The van der Waals surface area contributed by atoms with Crippen LogP contribution in [-0.4, -0.2) is 11.2 Å². The van der Waals surface area contributed by atoms with Crippen LogP contribution in [0.3, 0.4) is 0 Å². The topological polar surface area (TPSA) is 20.2 Å². The number of rotatable bonds is 1. The molecule has 1 aliphatic carbocycles. The largest absolute Gasteiger partial charge is 0.416 e. The minimum Gasteiger partial charge on any atom is -0.388 e. The zero-order valence-electron chi connectivity index (χ0n) is 8.46. The van der Waals surface area contributed by atoms with Gasteiger partial charge in [0.1, 0.15) is 0 Å². The minimum atomic E-state index is -4.30. The summed E-state index contributed by atoms with van der Waals surface area (Å²) in [5, 5.41) is 9.58. The maximum absolute atomic E-state index is 12.3. The summed E-state index contributed by atoms with van der Waals surface area (Å²) in [6.45, 7) is 0. The zero-order valence-corrected chi connectivity index (χ0v) is 8.46. The molecule has 0 spiro atoms. The highest BCUT2D eigenvalue weighted by atomic mass is 19.4. The lowest BCUT2D eigenvalue weighted by molar-refractivity contribution is -0.137. The Labute approximate surface area is 91.2 Å². The van der Waals surface area contributed by atoms with Crippen LogP contribution in [0, 0.1) is 0 Å². The van der Waals surface area contributed by atoms with E-state index in [1.165, 1.54) is 12.1 Å². The first-order valence-electron chi connectivity index (χ1n) is 5.04. The number of benzene rings is 1. The van der Waals surface area contributed by atoms with Gasteiger partial charge in [-0.15, -0.1) is 0 Å². The van der Waals surface area contributed by atoms with E-state index >= 15 is 0 Å². The minimum absolute atomic E-state index is 0.545. The Balaban J connectivity index is 2.26. The van der Waals surface area contributed by atoms with Gasteiger partial charge in [-0.1, -0.05) is 18.2 Å². The lowest BCUT2D eigenvalue weighted by Gasteiger charge is -2.10. The molecule has 0 saturated carbocycles. The molecule has 1 aromatic carbocycles. The van der Waals surface area contributed by atoms with Gasteiger partial charge in [0, 0.05) is 0 Å². The molecule has 1 aromatic rings. The smallest absolute Gasteiger partial charge is 0.388 e. The summed E-state index contributed by atoms with van der Waals surface area (Å²) in [4.78, 5) is 0. The van der Waals surface area contributed by atoms with E-state index in [0.29, 0.717) is 12.0 Å². The molecule has 0 unspecified atom stereocenters. The van der Waals surface area contributed by atoms with Crippen molar-refractivity contribution in [2.75, 3.05) is 0 Å².